The van der Waals surface area contributed by atoms with Gasteiger partial charge in [0.05, 0.1) is 6.54 Å². The largest absolute Gasteiger partial charge is 0.348 e. The van der Waals surface area contributed by atoms with Crippen LogP contribution in [0.3, 0.4) is 0 Å². The van der Waals surface area contributed by atoms with Gasteiger partial charge < -0.3 is 10.2 Å². The number of nitrogens with one attached hydrogen (secondary N) is 1. The van der Waals surface area contributed by atoms with Crippen molar-refractivity contribution in [2.45, 2.75) is 58.8 Å². The maximum absolute atomic E-state index is 11.7. The number of carbonyl (C=O) groups excluding carboxylic acids is 1. The molecule has 0 spiro atoms. The molecule has 2 aromatic rings. The van der Waals surface area contributed by atoms with Gasteiger partial charge in [-0.15, -0.1) is 22.7 Å². The highest BCUT2D eigenvalue weighted by molar-refractivity contribution is 7.15. The quantitative estimate of drug-likeness (QED) is 0.480. The standard InChI is InChI=1S/C22H34N2OS2/c1-5-7-9-17-12-14-26-22(17)19-16-27-20(18(19)10-8-6-2)11-13-23-15-21(25)24(3)4/h12,14,16,23H,5-11,13,15H2,1-4H3. The van der Waals surface area contributed by atoms with Gasteiger partial charge in [0.1, 0.15) is 0 Å². The van der Waals surface area contributed by atoms with Crippen molar-refractivity contribution in [3.63, 3.8) is 0 Å². The summed E-state index contributed by atoms with van der Waals surface area (Å²) in [6, 6.07) is 2.31. The van der Waals surface area contributed by atoms with Crippen molar-refractivity contribution in [3.05, 3.63) is 32.8 Å². The highest BCUT2D eigenvalue weighted by Crippen LogP contribution is 2.38. The number of amides is 1. The van der Waals surface area contributed by atoms with Crippen LogP contribution >= 0.6 is 22.7 Å². The number of thiophene rings is 2. The summed E-state index contributed by atoms with van der Waals surface area (Å²) >= 11 is 3.78. The molecule has 0 atom stereocenters. The molecule has 3 nitrogen and oxygen atoms in total. The van der Waals surface area contributed by atoms with Gasteiger partial charge in [0.2, 0.25) is 5.91 Å². The molecular formula is C22H34N2OS2. The van der Waals surface area contributed by atoms with Crippen LogP contribution in [0, 0.1) is 0 Å². The Balaban J connectivity index is 2.10. The Hall–Kier alpha value is -1.17. The number of unbranched alkanes of at least 4 members (excludes halogenated alkanes) is 2. The summed E-state index contributed by atoms with van der Waals surface area (Å²) in [6.45, 7) is 5.79. The van der Waals surface area contributed by atoms with E-state index in [2.05, 4.69) is 36.0 Å². The molecule has 0 aliphatic carbocycles. The lowest BCUT2D eigenvalue weighted by atomic mass is 9.99. The molecule has 2 aromatic heterocycles. The molecule has 1 amide bonds. The first-order chi connectivity index (χ1) is 13.1. The lowest BCUT2D eigenvalue weighted by Gasteiger charge is -2.11. The molecule has 0 radical (unpaired) electrons. The van der Waals surface area contributed by atoms with Crippen molar-refractivity contribution < 1.29 is 4.79 Å². The van der Waals surface area contributed by atoms with Crippen molar-refractivity contribution in [2.24, 2.45) is 0 Å². The zero-order chi connectivity index (χ0) is 19.6. The van der Waals surface area contributed by atoms with Gasteiger partial charge in [-0.2, -0.15) is 0 Å². The smallest absolute Gasteiger partial charge is 0.236 e. The number of rotatable bonds is 12. The van der Waals surface area contributed by atoms with Crippen LogP contribution in [0.1, 0.15) is 55.5 Å². The van der Waals surface area contributed by atoms with Gasteiger partial charge in [-0.05, 0) is 60.1 Å². The van der Waals surface area contributed by atoms with E-state index in [0.29, 0.717) is 6.54 Å². The molecule has 27 heavy (non-hydrogen) atoms. The first-order valence-electron chi connectivity index (χ1n) is 10.1. The van der Waals surface area contributed by atoms with E-state index >= 15 is 0 Å². The predicted octanol–water partition coefficient (Wildman–Crippen LogP) is 5.38. The normalized spacial score (nSPS) is 11.1. The molecule has 0 saturated carbocycles. The Bertz CT molecular complexity index is 703. The van der Waals surface area contributed by atoms with Gasteiger partial charge in [0, 0.05) is 36.0 Å². The third-order valence-corrected chi connectivity index (χ3v) is 6.93. The summed E-state index contributed by atoms with van der Waals surface area (Å²) in [4.78, 5) is 16.3. The molecule has 0 aromatic carbocycles. The first-order valence-corrected chi connectivity index (χ1v) is 11.9. The lowest BCUT2D eigenvalue weighted by molar-refractivity contribution is -0.127. The maximum atomic E-state index is 11.7. The zero-order valence-electron chi connectivity index (χ0n) is 17.3. The van der Waals surface area contributed by atoms with Crippen LogP contribution in [0.25, 0.3) is 10.4 Å². The van der Waals surface area contributed by atoms with E-state index in [0.717, 1.165) is 19.4 Å². The summed E-state index contributed by atoms with van der Waals surface area (Å²) in [5.41, 5.74) is 4.52. The topological polar surface area (TPSA) is 32.3 Å². The number of hydrogen-bond acceptors (Lipinski definition) is 4. The highest BCUT2D eigenvalue weighted by Gasteiger charge is 2.16. The molecule has 2 rings (SSSR count). The van der Waals surface area contributed by atoms with E-state index < -0.39 is 0 Å². The Morgan fingerprint density at radius 2 is 1.81 bits per heavy atom. The average molecular weight is 407 g/mol. The summed E-state index contributed by atoms with van der Waals surface area (Å²) in [5.74, 6) is 0.132. The van der Waals surface area contributed by atoms with Gasteiger partial charge in [-0.25, -0.2) is 0 Å². The second-order valence-electron chi connectivity index (χ2n) is 7.25. The minimum absolute atomic E-state index is 0.132. The predicted molar refractivity (Wildman–Crippen MR) is 120 cm³/mol. The van der Waals surface area contributed by atoms with Gasteiger partial charge in [0.25, 0.3) is 0 Å². The minimum Gasteiger partial charge on any atom is -0.348 e. The Morgan fingerprint density at radius 3 is 2.52 bits per heavy atom. The fourth-order valence-corrected chi connectivity index (χ4v) is 5.31. The van der Waals surface area contributed by atoms with Gasteiger partial charge in [-0.3, -0.25) is 4.79 Å². The molecule has 0 aliphatic rings. The molecule has 150 valence electrons. The molecule has 0 saturated heterocycles. The second-order valence-corrected chi connectivity index (χ2v) is 9.13. The SMILES string of the molecule is CCCCc1ccsc1-c1csc(CCNCC(=O)N(C)C)c1CCCC. The molecule has 0 unspecified atom stereocenters. The number of likely N-dealkylation sites (N-methyl/N-ethyl adjacent to an activating group) is 1. The van der Waals surface area contributed by atoms with Crippen molar-refractivity contribution in [2.75, 3.05) is 27.2 Å². The molecule has 0 aliphatic heterocycles. The molecule has 1 N–H and O–H groups in total. The third kappa shape index (κ3) is 6.44. The fourth-order valence-electron chi connectivity index (χ4n) is 3.14. The van der Waals surface area contributed by atoms with Crippen molar-refractivity contribution in [3.8, 4) is 10.4 Å². The number of carbonyl (C=O) groups is 1. The first kappa shape index (κ1) is 22.1. The van der Waals surface area contributed by atoms with Crippen LogP contribution in [-0.2, 0) is 24.1 Å². The van der Waals surface area contributed by atoms with Crippen LogP contribution in [0.4, 0.5) is 0 Å². The average Bonchev–Trinajstić information content (AvgIpc) is 3.27. The van der Waals surface area contributed by atoms with Crippen molar-refractivity contribution in [1.82, 2.24) is 10.2 Å². The lowest BCUT2D eigenvalue weighted by Crippen LogP contribution is -2.33. The van der Waals surface area contributed by atoms with Crippen LogP contribution in [0.15, 0.2) is 16.8 Å². The third-order valence-electron chi connectivity index (χ3n) is 4.86. The van der Waals surface area contributed by atoms with E-state index in [4.69, 9.17) is 0 Å². The van der Waals surface area contributed by atoms with Gasteiger partial charge >= 0.3 is 0 Å². The minimum atomic E-state index is 0.132. The van der Waals surface area contributed by atoms with Crippen LogP contribution in [0.5, 0.6) is 0 Å². The van der Waals surface area contributed by atoms with Crippen LogP contribution in [-0.4, -0.2) is 38.0 Å². The maximum Gasteiger partial charge on any atom is 0.236 e. The number of aryl methyl sites for hydroxylation is 1. The Morgan fingerprint density at radius 1 is 1.07 bits per heavy atom. The fraction of sp³-hybridized carbons (Fsp3) is 0.591. The number of hydrogen-bond donors (Lipinski definition) is 1. The van der Waals surface area contributed by atoms with E-state index in [1.54, 1.807) is 24.6 Å². The summed E-state index contributed by atoms with van der Waals surface area (Å²) in [5, 5.41) is 7.91. The van der Waals surface area contributed by atoms with E-state index in [-0.39, 0.29) is 5.91 Å². The van der Waals surface area contributed by atoms with E-state index in [1.807, 2.05) is 22.7 Å². The molecule has 0 fully saturated rings. The van der Waals surface area contributed by atoms with Crippen molar-refractivity contribution in [1.29, 1.82) is 0 Å². The molecule has 0 bridgehead atoms. The molecule has 5 heteroatoms. The number of nitrogens with zero attached hydrogens (tertiary/aromatic N) is 1. The van der Waals surface area contributed by atoms with Crippen molar-refractivity contribution >= 4 is 28.6 Å². The molecular weight excluding hydrogens is 372 g/mol. The Kier molecular flexibility index (Phi) is 9.52. The van der Waals surface area contributed by atoms with Crippen LogP contribution < -0.4 is 5.32 Å². The Labute approximate surface area is 172 Å². The van der Waals surface area contributed by atoms with Crippen LogP contribution in [0.2, 0.25) is 0 Å². The highest BCUT2D eigenvalue weighted by atomic mass is 32.1. The van der Waals surface area contributed by atoms with E-state index in [1.165, 1.54) is 53.0 Å². The summed E-state index contributed by atoms with van der Waals surface area (Å²) in [6.07, 6.45) is 8.30. The van der Waals surface area contributed by atoms with Gasteiger partial charge in [0.15, 0.2) is 0 Å². The summed E-state index contributed by atoms with van der Waals surface area (Å²) < 4.78 is 0. The molecule has 2 heterocycles. The van der Waals surface area contributed by atoms with Gasteiger partial charge in [-0.1, -0.05) is 26.7 Å². The second kappa shape index (κ2) is 11.6. The monoisotopic (exact) mass is 406 g/mol. The van der Waals surface area contributed by atoms with E-state index in [9.17, 15) is 4.79 Å². The zero-order valence-corrected chi connectivity index (χ0v) is 18.9. The summed E-state index contributed by atoms with van der Waals surface area (Å²) in [7, 11) is 3.60.